The van der Waals surface area contributed by atoms with Gasteiger partial charge in [-0.15, -0.1) is 0 Å². The third-order valence-electron chi connectivity index (χ3n) is 2.37. The predicted molar refractivity (Wildman–Crippen MR) is 67.9 cm³/mol. The lowest BCUT2D eigenvalue weighted by atomic mass is 10.2. The molecule has 0 amide bonds. The molecule has 0 atom stereocenters. The largest absolute Gasteiger partial charge is 0.324 e. The Labute approximate surface area is 105 Å². The average molecular weight is 247 g/mol. The van der Waals surface area contributed by atoms with E-state index in [9.17, 15) is 4.39 Å². The van der Waals surface area contributed by atoms with E-state index >= 15 is 0 Å². The fraction of sp³-hybridized carbons (Fsp3) is 0.250. The van der Waals surface area contributed by atoms with Crippen molar-refractivity contribution >= 4 is 17.3 Å². The fourth-order valence-corrected chi connectivity index (χ4v) is 1.44. The molecule has 0 saturated heterocycles. The first kappa shape index (κ1) is 12.4. The predicted octanol–water partition coefficient (Wildman–Crippen LogP) is 1.75. The molecule has 1 N–H and O–H groups in total. The van der Waals surface area contributed by atoms with Crippen molar-refractivity contribution in [3.8, 4) is 0 Å². The molecule has 0 unspecified atom stereocenters. The standard InChI is InChI=1S/C12H14FN5/c1-18(2,3)10-6-4-5-9(7-10)16-12-15-8-14-11(13)17-12/h4-7H,1-3H3,(H,14,15,16,17)/q+1. The number of anilines is 2. The summed E-state index contributed by atoms with van der Waals surface area (Å²) >= 11 is 0. The van der Waals surface area contributed by atoms with Gasteiger partial charge in [0.25, 0.3) is 0 Å². The van der Waals surface area contributed by atoms with Gasteiger partial charge in [0.1, 0.15) is 5.69 Å². The van der Waals surface area contributed by atoms with Crippen molar-refractivity contribution in [3.05, 3.63) is 36.7 Å². The van der Waals surface area contributed by atoms with E-state index in [-0.39, 0.29) is 5.95 Å². The van der Waals surface area contributed by atoms with E-state index in [1.165, 1.54) is 0 Å². The molecule has 5 nitrogen and oxygen atoms in total. The minimum atomic E-state index is -0.852. The minimum Gasteiger partial charge on any atom is -0.324 e. The van der Waals surface area contributed by atoms with Crippen LogP contribution in [0.2, 0.25) is 0 Å². The summed E-state index contributed by atoms with van der Waals surface area (Å²) in [5, 5.41) is 2.91. The summed E-state index contributed by atoms with van der Waals surface area (Å²) in [6, 6.07) is 7.76. The third kappa shape index (κ3) is 2.98. The van der Waals surface area contributed by atoms with Gasteiger partial charge in [0.05, 0.1) is 21.1 Å². The lowest BCUT2D eigenvalue weighted by Gasteiger charge is -2.23. The van der Waals surface area contributed by atoms with Crippen LogP contribution >= 0.6 is 0 Å². The van der Waals surface area contributed by atoms with Crippen LogP contribution in [0.4, 0.5) is 21.7 Å². The van der Waals surface area contributed by atoms with Crippen molar-refractivity contribution in [1.82, 2.24) is 19.4 Å². The number of nitrogens with zero attached hydrogens (tertiary/aromatic N) is 4. The number of quaternary nitrogens is 1. The molecule has 0 fully saturated rings. The van der Waals surface area contributed by atoms with E-state index in [1.807, 2.05) is 24.3 Å². The molecular formula is C12H14FN5+. The molecule has 0 aliphatic rings. The second-order valence-electron chi connectivity index (χ2n) is 4.72. The molecule has 1 aromatic heterocycles. The number of rotatable bonds is 3. The maximum absolute atomic E-state index is 12.8. The topological polar surface area (TPSA) is 50.7 Å². The normalized spacial score (nSPS) is 11.3. The summed E-state index contributed by atoms with van der Waals surface area (Å²) in [6.45, 7) is 0. The molecule has 18 heavy (non-hydrogen) atoms. The van der Waals surface area contributed by atoms with Crippen LogP contribution in [-0.4, -0.2) is 36.1 Å². The SMILES string of the molecule is C[N+](C)(C)c1cccc(Nc2n[c]nc(F)n2)c1. The first-order chi connectivity index (χ1) is 8.45. The summed E-state index contributed by atoms with van der Waals surface area (Å²) in [7, 11) is 6.19. The Morgan fingerprint density at radius 1 is 1.22 bits per heavy atom. The highest BCUT2D eigenvalue weighted by molar-refractivity contribution is 5.60. The highest BCUT2D eigenvalue weighted by atomic mass is 19.1. The first-order valence-electron chi connectivity index (χ1n) is 5.42. The molecule has 2 aromatic rings. The van der Waals surface area contributed by atoms with Gasteiger partial charge in [-0.2, -0.15) is 19.3 Å². The second kappa shape index (κ2) is 4.66. The Hall–Kier alpha value is -2.08. The van der Waals surface area contributed by atoms with Crippen LogP contribution < -0.4 is 9.80 Å². The zero-order chi connectivity index (χ0) is 13.2. The first-order valence-corrected chi connectivity index (χ1v) is 5.42. The lowest BCUT2D eigenvalue weighted by molar-refractivity contribution is 0.486. The van der Waals surface area contributed by atoms with E-state index in [4.69, 9.17) is 0 Å². The molecule has 6 heteroatoms. The zero-order valence-electron chi connectivity index (χ0n) is 10.5. The van der Waals surface area contributed by atoms with Crippen LogP contribution in [0.15, 0.2) is 24.3 Å². The van der Waals surface area contributed by atoms with Crippen LogP contribution in [0.5, 0.6) is 0 Å². The van der Waals surface area contributed by atoms with Crippen LogP contribution in [0.1, 0.15) is 0 Å². The van der Waals surface area contributed by atoms with E-state index in [2.05, 4.69) is 47.7 Å². The van der Waals surface area contributed by atoms with Crippen molar-refractivity contribution < 1.29 is 4.39 Å². The van der Waals surface area contributed by atoms with Crippen molar-refractivity contribution in [2.75, 3.05) is 26.5 Å². The Kier molecular flexibility index (Phi) is 3.20. The zero-order valence-corrected chi connectivity index (χ0v) is 10.5. The number of hydrogen-bond acceptors (Lipinski definition) is 4. The number of benzene rings is 1. The Bertz CT molecular complexity index is 550. The van der Waals surface area contributed by atoms with E-state index in [1.54, 1.807) is 0 Å². The maximum Gasteiger partial charge on any atom is 0.314 e. The van der Waals surface area contributed by atoms with Crippen LogP contribution in [0.25, 0.3) is 0 Å². The molecule has 0 aliphatic carbocycles. The van der Waals surface area contributed by atoms with E-state index in [0.29, 0.717) is 4.48 Å². The maximum atomic E-state index is 12.8. The van der Waals surface area contributed by atoms with Crippen molar-refractivity contribution in [2.24, 2.45) is 0 Å². The summed E-state index contributed by atoms with van der Waals surface area (Å²) in [5.74, 6) is 0.140. The monoisotopic (exact) mass is 247 g/mol. The van der Waals surface area contributed by atoms with Gasteiger partial charge in [-0.25, -0.2) is 0 Å². The molecule has 0 aliphatic heterocycles. The van der Waals surface area contributed by atoms with Gasteiger partial charge in [0.2, 0.25) is 12.3 Å². The summed E-state index contributed by atoms with van der Waals surface area (Å²) in [6.07, 6.45) is 1.34. The second-order valence-corrected chi connectivity index (χ2v) is 4.72. The van der Waals surface area contributed by atoms with Gasteiger partial charge >= 0.3 is 6.08 Å². The van der Waals surface area contributed by atoms with Crippen LogP contribution in [-0.2, 0) is 0 Å². The number of aromatic nitrogens is 3. The van der Waals surface area contributed by atoms with Crippen molar-refractivity contribution in [1.29, 1.82) is 0 Å². The number of halogens is 1. The van der Waals surface area contributed by atoms with E-state index < -0.39 is 6.08 Å². The summed E-state index contributed by atoms with van der Waals surface area (Å²) in [5.41, 5.74) is 1.90. The van der Waals surface area contributed by atoms with Crippen molar-refractivity contribution in [3.63, 3.8) is 0 Å². The lowest BCUT2D eigenvalue weighted by Crippen LogP contribution is -2.34. The minimum absolute atomic E-state index is 0.140. The Morgan fingerprint density at radius 3 is 2.67 bits per heavy atom. The molecule has 0 bridgehead atoms. The highest BCUT2D eigenvalue weighted by Gasteiger charge is 2.12. The quantitative estimate of drug-likeness (QED) is 0.839. The van der Waals surface area contributed by atoms with Gasteiger partial charge < -0.3 is 5.32 Å². The molecule has 2 rings (SSSR count). The molecule has 0 saturated carbocycles. The number of hydrogen-bond donors (Lipinski definition) is 1. The molecule has 1 aromatic carbocycles. The van der Waals surface area contributed by atoms with Crippen LogP contribution in [0.3, 0.4) is 0 Å². The van der Waals surface area contributed by atoms with Gasteiger partial charge in [0.15, 0.2) is 0 Å². The van der Waals surface area contributed by atoms with E-state index in [0.717, 1.165) is 11.4 Å². The van der Waals surface area contributed by atoms with Gasteiger partial charge in [-0.05, 0) is 12.1 Å². The Balaban J connectivity index is 2.25. The summed E-state index contributed by atoms with van der Waals surface area (Å²) in [4.78, 5) is 10.4. The van der Waals surface area contributed by atoms with Crippen LogP contribution in [0, 0.1) is 12.4 Å². The smallest absolute Gasteiger partial charge is 0.314 e. The number of nitrogens with one attached hydrogen (secondary N) is 1. The average Bonchev–Trinajstić information content (AvgIpc) is 2.28. The fourth-order valence-electron chi connectivity index (χ4n) is 1.44. The van der Waals surface area contributed by atoms with Crippen molar-refractivity contribution in [2.45, 2.75) is 0 Å². The Morgan fingerprint density at radius 2 is 2.00 bits per heavy atom. The molecule has 1 heterocycles. The third-order valence-corrected chi connectivity index (χ3v) is 2.37. The highest BCUT2D eigenvalue weighted by Crippen LogP contribution is 2.22. The molecule has 0 spiro atoms. The van der Waals surface area contributed by atoms with Gasteiger partial charge in [0, 0.05) is 11.8 Å². The van der Waals surface area contributed by atoms with Gasteiger partial charge in [-0.1, -0.05) is 6.07 Å². The molecule has 1 radical (unpaired) electrons. The molecular weight excluding hydrogens is 233 g/mol. The molecule has 93 valence electrons. The summed E-state index contributed by atoms with van der Waals surface area (Å²) < 4.78 is 13.5. The van der Waals surface area contributed by atoms with Gasteiger partial charge in [-0.3, -0.25) is 4.48 Å².